The molecule has 1 aromatic heterocycles. The molecule has 0 aliphatic rings. The van der Waals surface area contributed by atoms with E-state index < -0.39 is 0 Å². The first kappa shape index (κ1) is 14.0. The Morgan fingerprint density at radius 1 is 0.952 bits per heavy atom. The molecular weight excluding hydrogens is 298 g/mol. The van der Waals surface area contributed by atoms with Gasteiger partial charge in [0.2, 0.25) is 0 Å². The average molecular weight is 314 g/mol. The lowest BCUT2D eigenvalue weighted by Crippen LogP contribution is -2.24. The molecule has 0 saturated carbocycles. The SMILES string of the molecule is CC[N+](c1ccccc1)=c1nc(Nc2ccccc2)ss1. The summed E-state index contributed by atoms with van der Waals surface area (Å²) in [5, 5.41) is 4.27. The maximum Gasteiger partial charge on any atom is 0.395 e. The highest BCUT2D eigenvalue weighted by Gasteiger charge is 2.12. The summed E-state index contributed by atoms with van der Waals surface area (Å²) in [7, 11) is 3.35. The van der Waals surface area contributed by atoms with Crippen LogP contribution in [0, 0.1) is 0 Å². The lowest BCUT2D eigenvalue weighted by molar-refractivity contribution is 0.765. The van der Waals surface area contributed by atoms with E-state index in [4.69, 9.17) is 4.98 Å². The standard InChI is InChI=1S/C16H15N3S2/c1-2-19(14-11-7-4-8-12-14)16-18-15(20-21-16)17-13-9-5-3-6-10-13/h3-12H,2H2,1H3/p+1. The molecule has 0 fully saturated rings. The van der Waals surface area contributed by atoms with E-state index in [0.29, 0.717) is 0 Å². The summed E-state index contributed by atoms with van der Waals surface area (Å²) in [6.45, 7) is 3.04. The van der Waals surface area contributed by atoms with Gasteiger partial charge in [-0.05, 0) is 41.5 Å². The predicted molar refractivity (Wildman–Crippen MR) is 91.6 cm³/mol. The van der Waals surface area contributed by atoms with Crippen molar-refractivity contribution in [3.63, 3.8) is 0 Å². The van der Waals surface area contributed by atoms with Crippen LogP contribution in [0.4, 0.5) is 16.5 Å². The van der Waals surface area contributed by atoms with E-state index in [0.717, 1.165) is 22.2 Å². The fourth-order valence-electron chi connectivity index (χ4n) is 2.04. The minimum atomic E-state index is 0.898. The molecule has 3 rings (SSSR count). The predicted octanol–water partition coefficient (Wildman–Crippen LogP) is 4.07. The Morgan fingerprint density at radius 2 is 1.62 bits per heavy atom. The molecule has 1 heterocycles. The first-order chi connectivity index (χ1) is 10.4. The molecule has 0 aliphatic carbocycles. The third kappa shape index (κ3) is 3.37. The molecule has 21 heavy (non-hydrogen) atoms. The Balaban J connectivity index is 1.94. The van der Waals surface area contributed by atoms with E-state index >= 15 is 0 Å². The van der Waals surface area contributed by atoms with Crippen LogP contribution in [0.25, 0.3) is 0 Å². The largest absolute Gasteiger partial charge is 0.395 e. The highest BCUT2D eigenvalue weighted by atomic mass is 32.9. The highest BCUT2D eigenvalue weighted by molar-refractivity contribution is 7.69. The first-order valence-corrected chi connectivity index (χ1v) is 8.96. The molecule has 0 spiro atoms. The Kier molecular flexibility index (Phi) is 4.43. The van der Waals surface area contributed by atoms with Gasteiger partial charge in [0.1, 0.15) is 5.69 Å². The molecule has 3 aromatic rings. The van der Waals surface area contributed by atoms with Crippen molar-refractivity contribution >= 4 is 37.2 Å². The fourth-order valence-corrected chi connectivity index (χ4v) is 4.06. The summed E-state index contributed by atoms with van der Waals surface area (Å²) >= 11 is 0. The summed E-state index contributed by atoms with van der Waals surface area (Å²) in [4.78, 5) is 5.73. The van der Waals surface area contributed by atoms with Crippen molar-refractivity contribution < 1.29 is 0 Å². The van der Waals surface area contributed by atoms with Crippen LogP contribution in [0.3, 0.4) is 0 Å². The second-order valence-corrected chi connectivity index (χ2v) is 6.52. The van der Waals surface area contributed by atoms with Crippen molar-refractivity contribution in [3.05, 3.63) is 65.5 Å². The van der Waals surface area contributed by atoms with Gasteiger partial charge in [0, 0.05) is 21.0 Å². The summed E-state index contributed by atoms with van der Waals surface area (Å²) < 4.78 is 2.22. The van der Waals surface area contributed by atoms with Gasteiger partial charge < -0.3 is 5.32 Å². The van der Waals surface area contributed by atoms with Crippen molar-refractivity contribution in [2.75, 3.05) is 11.9 Å². The van der Waals surface area contributed by atoms with E-state index in [9.17, 15) is 0 Å². The lowest BCUT2D eigenvalue weighted by atomic mass is 10.3. The van der Waals surface area contributed by atoms with Crippen LogP contribution in [0.5, 0.6) is 0 Å². The van der Waals surface area contributed by atoms with Crippen LogP contribution in [0.15, 0.2) is 60.7 Å². The van der Waals surface area contributed by atoms with Gasteiger partial charge in [0.15, 0.2) is 0 Å². The normalized spacial score (nSPS) is 12.0. The summed E-state index contributed by atoms with van der Waals surface area (Å²) in [6, 6.07) is 20.5. The highest BCUT2D eigenvalue weighted by Crippen LogP contribution is 2.19. The van der Waals surface area contributed by atoms with Gasteiger partial charge in [-0.2, -0.15) is 0 Å². The van der Waals surface area contributed by atoms with Gasteiger partial charge in [0.05, 0.1) is 6.54 Å². The molecule has 0 radical (unpaired) electrons. The zero-order valence-corrected chi connectivity index (χ0v) is 13.3. The molecule has 0 amide bonds. The summed E-state index contributed by atoms with van der Waals surface area (Å²) in [5.74, 6) is 0. The molecule has 0 unspecified atom stereocenters. The van der Waals surface area contributed by atoms with E-state index in [1.165, 1.54) is 5.69 Å². The number of nitrogens with one attached hydrogen (secondary N) is 1. The number of nitrogens with zero attached hydrogens (tertiary/aromatic N) is 2. The van der Waals surface area contributed by atoms with Gasteiger partial charge in [-0.3, -0.25) is 0 Å². The summed E-state index contributed by atoms with van der Waals surface area (Å²) in [6.07, 6.45) is 0. The van der Waals surface area contributed by atoms with E-state index in [1.54, 1.807) is 20.7 Å². The topological polar surface area (TPSA) is 27.9 Å². The second kappa shape index (κ2) is 6.65. The third-order valence-electron chi connectivity index (χ3n) is 3.03. The van der Waals surface area contributed by atoms with Crippen LogP contribution in [-0.2, 0) is 0 Å². The molecule has 3 nitrogen and oxygen atoms in total. The number of para-hydroxylation sites is 2. The zero-order chi connectivity index (χ0) is 14.5. The first-order valence-electron chi connectivity index (χ1n) is 6.81. The molecule has 0 aliphatic heterocycles. The smallest absolute Gasteiger partial charge is 0.310 e. The van der Waals surface area contributed by atoms with Gasteiger partial charge in [-0.1, -0.05) is 36.4 Å². The van der Waals surface area contributed by atoms with Crippen molar-refractivity contribution in [1.29, 1.82) is 0 Å². The lowest BCUT2D eigenvalue weighted by Gasteiger charge is -2.00. The Hall–Kier alpha value is -1.98. The molecular formula is C16H16N3S2+. The molecule has 0 saturated heterocycles. The quantitative estimate of drug-likeness (QED) is 0.581. The minimum Gasteiger partial charge on any atom is -0.310 e. The van der Waals surface area contributed by atoms with Crippen molar-refractivity contribution in [1.82, 2.24) is 9.56 Å². The number of anilines is 2. The number of hydrogen-bond acceptors (Lipinski definition) is 4. The van der Waals surface area contributed by atoms with Crippen molar-refractivity contribution in [2.24, 2.45) is 0 Å². The molecule has 1 N–H and O–H groups in total. The third-order valence-corrected chi connectivity index (χ3v) is 5.10. The van der Waals surface area contributed by atoms with E-state index in [2.05, 4.69) is 41.1 Å². The van der Waals surface area contributed by atoms with Gasteiger partial charge >= 0.3 is 9.93 Å². The minimum absolute atomic E-state index is 0.898. The Labute approximate surface area is 131 Å². The molecule has 0 bridgehead atoms. The number of hydrogen-bond donors (Lipinski definition) is 1. The average Bonchev–Trinajstić information content (AvgIpc) is 2.98. The van der Waals surface area contributed by atoms with Gasteiger partial charge in [0.25, 0.3) is 0 Å². The maximum absolute atomic E-state index is 4.70. The van der Waals surface area contributed by atoms with Crippen LogP contribution in [-0.4, -0.2) is 11.5 Å². The van der Waals surface area contributed by atoms with Crippen LogP contribution >= 0.6 is 20.7 Å². The van der Waals surface area contributed by atoms with Gasteiger partial charge in [-0.25, -0.2) is 4.58 Å². The van der Waals surface area contributed by atoms with Gasteiger partial charge in [-0.15, -0.1) is 0 Å². The molecule has 2 aromatic carbocycles. The number of rotatable bonds is 4. The zero-order valence-electron chi connectivity index (χ0n) is 11.7. The fraction of sp³-hybridized carbons (Fsp3) is 0.125. The van der Waals surface area contributed by atoms with Crippen molar-refractivity contribution in [3.8, 4) is 0 Å². The molecule has 106 valence electrons. The second-order valence-electron chi connectivity index (χ2n) is 4.44. The van der Waals surface area contributed by atoms with E-state index in [-0.39, 0.29) is 0 Å². The monoisotopic (exact) mass is 314 g/mol. The number of aromatic nitrogens is 1. The van der Waals surface area contributed by atoms with E-state index in [1.807, 2.05) is 36.4 Å². The molecule has 5 heteroatoms. The van der Waals surface area contributed by atoms with Crippen LogP contribution < -0.4 is 14.7 Å². The van der Waals surface area contributed by atoms with Crippen LogP contribution in [0.1, 0.15) is 6.92 Å². The Bertz CT molecular complexity index is 761. The maximum atomic E-state index is 4.70. The Morgan fingerprint density at radius 3 is 2.29 bits per heavy atom. The summed E-state index contributed by atoms with van der Waals surface area (Å²) in [5.41, 5.74) is 2.24. The molecule has 0 atom stereocenters. The van der Waals surface area contributed by atoms with Crippen molar-refractivity contribution in [2.45, 2.75) is 6.92 Å². The number of benzene rings is 2. The van der Waals surface area contributed by atoms with Crippen LogP contribution in [0.2, 0.25) is 0 Å².